The minimum atomic E-state index is 0.135. The average molecular weight is 151 g/mol. The summed E-state index contributed by atoms with van der Waals surface area (Å²) in [5.41, 5.74) is 2.01. The van der Waals surface area contributed by atoms with Crippen molar-refractivity contribution in [2.45, 2.75) is 26.7 Å². The number of aromatic nitrogens is 1. The van der Waals surface area contributed by atoms with Gasteiger partial charge in [-0.3, -0.25) is 4.79 Å². The highest BCUT2D eigenvalue weighted by Gasteiger charge is 2.06. The molecule has 1 aromatic rings. The van der Waals surface area contributed by atoms with Gasteiger partial charge in [-0.15, -0.1) is 0 Å². The van der Waals surface area contributed by atoms with Gasteiger partial charge in [0.1, 0.15) is 0 Å². The zero-order valence-corrected chi connectivity index (χ0v) is 7.14. The lowest BCUT2D eigenvalue weighted by Crippen LogP contribution is -2.11. The standard InChI is InChI=1S/C9H13NO/c1-6(2)9-7(3)10-5-4-8(9)11/h4-6H,1-3H3,(H,10,11). The molecule has 0 radical (unpaired) electrons. The minimum absolute atomic E-state index is 0.135. The fraction of sp³-hybridized carbons (Fsp3) is 0.444. The number of nitrogens with one attached hydrogen (secondary N) is 1. The Balaban J connectivity index is 3.33. The van der Waals surface area contributed by atoms with E-state index in [-0.39, 0.29) is 5.43 Å². The van der Waals surface area contributed by atoms with Gasteiger partial charge in [0.15, 0.2) is 5.43 Å². The Morgan fingerprint density at radius 1 is 1.45 bits per heavy atom. The first-order chi connectivity index (χ1) is 5.13. The molecule has 1 N–H and O–H groups in total. The molecule has 0 amide bonds. The lowest BCUT2D eigenvalue weighted by Gasteiger charge is -2.06. The van der Waals surface area contributed by atoms with Gasteiger partial charge in [-0.1, -0.05) is 13.8 Å². The van der Waals surface area contributed by atoms with Crippen molar-refractivity contribution < 1.29 is 0 Å². The van der Waals surface area contributed by atoms with Crippen molar-refractivity contribution in [2.75, 3.05) is 0 Å². The zero-order chi connectivity index (χ0) is 8.43. The summed E-state index contributed by atoms with van der Waals surface area (Å²) >= 11 is 0. The van der Waals surface area contributed by atoms with Crippen LogP contribution in [0.25, 0.3) is 0 Å². The average Bonchev–Trinajstić information content (AvgIpc) is 1.85. The summed E-state index contributed by atoms with van der Waals surface area (Å²) in [5, 5.41) is 0. The molecule has 0 atom stereocenters. The molecule has 0 aromatic carbocycles. The maximum absolute atomic E-state index is 11.3. The van der Waals surface area contributed by atoms with E-state index in [0.29, 0.717) is 5.92 Å². The number of pyridine rings is 1. The third-order valence-electron chi connectivity index (χ3n) is 1.78. The number of hydrogen-bond acceptors (Lipinski definition) is 1. The summed E-state index contributed by atoms with van der Waals surface area (Å²) in [6, 6.07) is 1.57. The third-order valence-corrected chi connectivity index (χ3v) is 1.78. The highest BCUT2D eigenvalue weighted by atomic mass is 16.1. The topological polar surface area (TPSA) is 32.9 Å². The first-order valence-corrected chi connectivity index (χ1v) is 3.81. The molecule has 2 nitrogen and oxygen atoms in total. The van der Waals surface area contributed by atoms with Crippen molar-refractivity contribution in [1.29, 1.82) is 0 Å². The predicted molar refractivity (Wildman–Crippen MR) is 45.9 cm³/mol. The van der Waals surface area contributed by atoms with Gasteiger partial charge in [0, 0.05) is 23.5 Å². The van der Waals surface area contributed by atoms with Crippen LogP contribution in [0, 0.1) is 6.92 Å². The molecule has 2 heteroatoms. The van der Waals surface area contributed by atoms with E-state index in [2.05, 4.69) is 4.98 Å². The van der Waals surface area contributed by atoms with Crippen molar-refractivity contribution in [3.8, 4) is 0 Å². The Bertz CT molecular complexity index is 299. The van der Waals surface area contributed by atoms with Crippen LogP contribution in [0.1, 0.15) is 31.0 Å². The van der Waals surface area contributed by atoms with Crippen LogP contribution in [0.5, 0.6) is 0 Å². The van der Waals surface area contributed by atoms with Crippen LogP contribution in [0.2, 0.25) is 0 Å². The predicted octanol–water partition coefficient (Wildman–Crippen LogP) is 1.81. The molecule has 1 aromatic heterocycles. The molecule has 0 aliphatic heterocycles. The summed E-state index contributed by atoms with van der Waals surface area (Å²) in [6.45, 7) is 5.98. The maximum Gasteiger partial charge on any atom is 0.185 e. The fourth-order valence-electron chi connectivity index (χ4n) is 1.31. The molecule has 0 aliphatic carbocycles. The van der Waals surface area contributed by atoms with Crippen molar-refractivity contribution in [1.82, 2.24) is 4.98 Å². The van der Waals surface area contributed by atoms with Crippen LogP contribution in [-0.4, -0.2) is 4.98 Å². The van der Waals surface area contributed by atoms with Crippen LogP contribution in [0.3, 0.4) is 0 Å². The molecule has 1 rings (SSSR count). The van der Waals surface area contributed by atoms with E-state index >= 15 is 0 Å². The van der Waals surface area contributed by atoms with Crippen molar-refractivity contribution in [3.63, 3.8) is 0 Å². The van der Waals surface area contributed by atoms with Gasteiger partial charge in [0.2, 0.25) is 0 Å². The molecule has 0 bridgehead atoms. The van der Waals surface area contributed by atoms with Gasteiger partial charge in [-0.05, 0) is 12.8 Å². The number of H-pyrrole nitrogens is 1. The van der Waals surface area contributed by atoms with E-state index < -0.39 is 0 Å². The molecule has 0 saturated heterocycles. The molecule has 0 spiro atoms. The van der Waals surface area contributed by atoms with Crippen molar-refractivity contribution in [3.05, 3.63) is 33.7 Å². The summed E-state index contributed by atoms with van der Waals surface area (Å²) < 4.78 is 0. The van der Waals surface area contributed by atoms with E-state index in [1.165, 1.54) is 0 Å². The highest BCUT2D eigenvalue weighted by Crippen LogP contribution is 2.11. The first kappa shape index (κ1) is 8.05. The van der Waals surface area contributed by atoms with E-state index in [1.54, 1.807) is 12.3 Å². The molecule has 0 saturated carbocycles. The summed E-state index contributed by atoms with van der Waals surface area (Å²) in [6.07, 6.45) is 1.68. The van der Waals surface area contributed by atoms with Crippen molar-refractivity contribution in [2.24, 2.45) is 0 Å². The number of aromatic amines is 1. The second kappa shape index (κ2) is 2.91. The quantitative estimate of drug-likeness (QED) is 0.652. The molecular formula is C9H13NO. The Kier molecular flexibility index (Phi) is 2.13. The number of hydrogen-bond donors (Lipinski definition) is 1. The van der Waals surface area contributed by atoms with Crippen LogP contribution in [0.15, 0.2) is 17.1 Å². The van der Waals surface area contributed by atoms with Gasteiger partial charge in [0.05, 0.1) is 0 Å². The Labute approximate surface area is 66.3 Å². The zero-order valence-electron chi connectivity index (χ0n) is 7.14. The second-order valence-electron chi connectivity index (χ2n) is 3.04. The molecule has 0 aliphatic rings. The number of rotatable bonds is 1. The van der Waals surface area contributed by atoms with Crippen LogP contribution in [-0.2, 0) is 0 Å². The van der Waals surface area contributed by atoms with Gasteiger partial charge >= 0.3 is 0 Å². The summed E-state index contributed by atoms with van der Waals surface area (Å²) in [4.78, 5) is 14.3. The molecule has 1 heterocycles. The first-order valence-electron chi connectivity index (χ1n) is 3.81. The van der Waals surface area contributed by atoms with E-state index in [1.807, 2.05) is 20.8 Å². The Morgan fingerprint density at radius 2 is 2.09 bits per heavy atom. The largest absolute Gasteiger partial charge is 0.365 e. The van der Waals surface area contributed by atoms with E-state index in [4.69, 9.17) is 0 Å². The molecule has 11 heavy (non-hydrogen) atoms. The lowest BCUT2D eigenvalue weighted by molar-refractivity contribution is 0.832. The van der Waals surface area contributed by atoms with Gasteiger partial charge < -0.3 is 4.98 Å². The fourth-order valence-corrected chi connectivity index (χ4v) is 1.31. The molecule has 60 valence electrons. The Hall–Kier alpha value is -1.05. The molecule has 0 unspecified atom stereocenters. The molecular weight excluding hydrogens is 138 g/mol. The SMILES string of the molecule is Cc1[nH]ccc(=O)c1C(C)C. The number of aryl methyl sites for hydroxylation is 1. The van der Waals surface area contributed by atoms with Crippen LogP contribution in [0.4, 0.5) is 0 Å². The van der Waals surface area contributed by atoms with Crippen LogP contribution < -0.4 is 5.43 Å². The molecule has 0 fully saturated rings. The smallest absolute Gasteiger partial charge is 0.185 e. The summed E-state index contributed by atoms with van der Waals surface area (Å²) in [5.74, 6) is 0.306. The normalized spacial score (nSPS) is 10.5. The third kappa shape index (κ3) is 1.50. The van der Waals surface area contributed by atoms with Gasteiger partial charge in [-0.25, -0.2) is 0 Å². The maximum atomic E-state index is 11.3. The van der Waals surface area contributed by atoms with Gasteiger partial charge in [0.25, 0.3) is 0 Å². The lowest BCUT2D eigenvalue weighted by atomic mass is 10.0. The van der Waals surface area contributed by atoms with Crippen LogP contribution >= 0.6 is 0 Å². The highest BCUT2D eigenvalue weighted by molar-refractivity contribution is 5.21. The Morgan fingerprint density at radius 3 is 2.45 bits per heavy atom. The van der Waals surface area contributed by atoms with Crippen molar-refractivity contribution >= 4 is 0 Å². The second-order valence-corrected chi connectivity index (χ2v) is 3.04. The van der Waals surface area contributed by atoms with Gasteiger partial charge in [-0.2, -0.15) is 0 Å². The van der Waals surface area contributed by atoms with E-state index in [0.717, 1.165) is 11.3 Å². The monoisotopic (exact) mass is 151 g/mol. The van der Waals surface area contributed by atoms with E-state index in [9.17, 15) is 4.79 Å². The summed E-state index contributed by atoms with van der Waals surface area (Å²) in [7, 11) is 0. The minimum Gasteiger partial charge on any atom is -0.365 e.